The van der Waals surface area contributed by atoms with Crippen molar-refractivity contribution in [1.82, 2.24) is 15.3 Å². The van der Waals surface area contributed by atoms with Gasteiger partial charge in [0.1, 0.15) is 17.2 Å². The predicted octanol–water partition coefficient (Wildman–Crippen LogP) is 6.97. The van der Waals surface area contributed by atoms with Gasteiger partial charge in [-0.25, -0.2) is 4.98 Å². The number of benzene rings is 3. The monoisotopic (exact) mass is 437 g/mol. The predicted molar refractivity (Wildman–Crippen MR) is 135 cm³/mol. The average molecular weight is 438 g/mol. The molecule has 3 aromatic carbocycles. The van der Waals surface area contributed by atoms with E-state index in [-0.39, 0.29) is 11.9 Å². The molecule has 1 amide bonds. The molecular weight excluding hydrogens is 406 g/mol. The first-order chi connectivity index (χ1) is 16.2. The first-order valence-electron chi connectivity index (χ1n) is 11.8. The Kier molecular flexibility index (Phi) is 7.36. The van der Waals surface area contributed by atoms with Gasteiger partial charge in [0.25, 0.3) is 5.91 Å². The summed E-state index contributed by atoms with van der Waals surface area (Å²) >= 11 is 0. The number of nitrogens with one attached hydrogen (secondary N) is 2. The van der Waals surface area contributed by atoms with Crippen molar-refractivity contribution < 1.29 is 4.79 Å². The number of imidazole rings is 1. The van der Waals surface area contributed by atoms with Crippen LogP contribution in [0.25, 0.3) is 22.6 Å². The fourth-order valence-electron chi connectivity index (χ4n) is 4.12. The first-order valence-corrected chi connectivity index (χ1v) is 11.8. The van der Waals surface area contributed by atoms with Crippen LogP contribution in [-0.2, 0) is 6.42 Å². The molecule has 1 atom stereocenters. The molecule has 4 aromatic rings. The van der Waals surface area contributed by atoms with E-state index >= 15 is 0 Å². The normalized spacial score (nSPS) is 11.8. The van der Waals surface area contributed by atoms with Crippen molar-refractivity contribution in [3.63, 3.8) is 0 Å². The van der Waals surface area contributed by atoms with Crippen LogP contribution in [0.2, 0.25) is 0 Å². The summed E-state index contributed by atoms with van der Waals surface area (Å²) < 4.78 is 0. The molecule has 4 heteroatoms. The number of aryl methyl sites for hydroxylation is 1. The summed E-state index contributed by atoms with van der Waals surface area (Å²) in [7, 11) is 0. The molecule has 2 N–H and O–H groups in total. The summed E-state index contributed by atoms with van der Waals surface area (Å²) in [5, 5.41) is 3.25. The summed E-state index contributed by atoms with van der Waals surface area (Å²) in [5.74, 6) is 0.555. The molecule has 0 aliphatic heterocycles. The van der Waals surface area contributed by atoms with Gasteiger partial charge < -0.3 is 10.3 Å². The number of amides is 1. The molecule has 0 fully saturated rings. The Labute approximate surface area is 196 Å². The molecule has 0 radical (unpaired) electrons. The number of hydrogen-bond donors (Lipinski definition) is 2. The van der Waals surface area contributed by atoms with Gasteiger partial charge in [0.05, 0.1) is 6.04 Å². The molecule has 0 bridgehead atoms. The van der Waals surface area contributed by atoms with Gasteiger partial charge in [-0.15, -0.1) is 0 Å². The Bertz CT molecular complexity index is 1160. The van der Waals surface area contributed by atoms with Gasteiger partial charge in [-0.3, -0.25) is 4.79 Å². The lowest BCUT2D eigenvalue weighted by Gasteiger charge is -2.18. The van der Waals surface area contributed by atoms with Crippen molar-refractivity contribution in [3.05, 3.63) is 102 Å². The van der Waals surface area contributed by atoms with Crippen molar-refractivity contribution in [1.29, 1.82) is 0 Å². The highest BCUT2D eigenvalue weighted by Gasteiger charge is 2.22. The van der Waals surface area contributed by atoms with Gasteiger partial charge in [0, 0.05) is 11.1 Å². The number of aromatic amines is 1. The minimum absolute atomic E-state index is 0.0491. The molecule has 0 aliphatic rings. The average Bonchev–Trinajstić information content (AvgIpc) is 3.31. The smallest absolute Gasteiger partial charge is 0.270 e. The molecule has 1 aromatic heterocycles. The van der Waals surface area contributed by atoms with E-state index in [2.05, 4.69) is 60.5 Å². The molecular formula is C29H31N3O. The van der Waals surface area contributed by atoms with E-state index in [1.165, 1.54) is 5.56 Å². The molecule has 0 saturated carbocycles. The van der Waals surface area contributed by atoms with Crippen LogP contribution in [0.5, 0.6) is 0 Å². The Morgan fingerprint density at radius 1 is 0.848 bits per heavy atom. The Balaban J connectivity index is 1.70. The third-order valence-electron chi connectivity index (χ3n) is 5.83. The zero-order chi connectivity index (χ0) is 23.0. The highest BCUT2D eigenvalue weighted by molar-refractivity contribution is 5.99. The quantitative estimate of drug-likeness (QED) is 0.297. The van der Waals surface area contributed by atoms with Crippen LogP contribution in [0.4, 0.5) is 0 Å². The van der Waals surface area contributed by atoms with Crippen LogP contribution < -0.4 is 5.32 Å². The van der Waals surface area contributed by atoms with Crippen molar-refractivity contribution in [2.45, 2.75) is 45.6 Å². The summed E-state index contributed by atoms with van der Waals surface area (Å²) in [6, 6.07) is 28.4. The van der Waals surface area contributed by atoms with Crippen LogP contribution in [0, 0.1) is 0 Å². The molecule has 168 valence electrons. The Hall–Kier alpha value is -3.66. The molecule has 4 rings (SSSR count). The molecule has 4 nitrogen and oxygen atoms in total. The zero-order valence-electron chi connectivity index (χ0n) is 19.3. The van der Waals surface area contributed by atoms with Gasteiger partial charge >= 0.3 is 0 Å². The SMILES string of the molecule is CCCc1ccc(-c2nc(-c3ccccc3)[nH]c2C(=O)NC(CCC)c2ccccc2)cc1. The van der Waals surface area contributed by atoms with Crippen molar-refractivity contribution in [3.8, 4) is 22.6 Å². The van der Waals surface area contributed by atoms with Crippen molar-refractivity contribution >= 4 is 5.91 Å². The standard InChI is InChI=1S/C29H31N3O/c1-3-11-21-17-19-23(20-18-21)26-27(32-28(31-26)24-15-9-6-10-16-24)29(33)30-25(12-4-2)22-13-7-5-8-14-22/h5-10,13-20,25H,3-4,11-12H2,1-2H3,(H,30,33)(H,31,32). The number of hydrogen-bond acceptors (Lipinski definition) is 2. The number of aromatic nitrogens is 2. The number of carbonyl (C=O) groups excluding carboxylic acids is 1. The summed E-state index contributed by atoms with van der Waals surface area (Å²) in [6.45, 7) is 4.31. The summed E-state index contributed by atoms with van der Waals surface area (Å²) in [6.07, 6.45) is 3.99. The summed E-state index contributed by atoms with van der Waals surface area (Å²) in [5.41, 5.74) is 5.46. The van der Waals surface area contributed by atoms with Gasteiger partial charge in [-0.1, -0.05) is 112 Å². The molecule has 33 heavy (non-hydrogen) atoms. The number of H-pyrrole nitrogens is 1. The fraction of sp³-hybridized carbons (Fsp3) is 0.241. The summed E-state index contributed by atoms with van der Waals surface area (Å²) in [4.78, 5) is 21.7. The Morgan fingerprint density at radius 3 is 2.15 bits per heavy atom. The van der Waals surface area contributed by atoms with E-state index < -0.39 is 0 Å². The largest absolute Gasteiger partial charge is 0.344 e. The lowest BCUT2D eigenvalue weighted by molar-refractivity contribution is 0.0930. The van der Waals surface area contributed by atoms with Gasteiger partial charge in [0.15, 0.2) is 0 Å². The minimum atomic E-state index is -0.139. The van der Waals surface area contributed by atoms with Crippen molar-refractivity contribution in [2.24, 2.45) is 0 Å². The van der Waals surface area contributed by atoms with Gasteiger partial charge in [-0.2, -0.15) is 0 Å². The van der Waals surface area contributed by atoms with Gasteiger partial charge in [0.2, 0.25) is 0 Å². The van der Waals surface area contributed by atoms with E-state index in [4.69, 9.17) is 4.98 Å². The van der Waals surface area contributed by atoms with E-state index in [1.54, 1.807) is 0 Å². The second kappa shape index (κ2) is 10.8. The van der Waals surface area contributed by atoms with Gasteiger partial charge in [-0.05, 0) is 24.0 Å². The molecule has 0 saturated heterocycles. The number of rotatable bonds is 9. The highest BCUT2D eigenvalue weighted by atomic mass is 16.2. The second-order valence-electron chi connectivity index (χ2n) is 8.35. The van der Waals surface area contributed by atoms with Crippen LogP contribution in [0.15, 0.2) is 84.9 Å². The third-order valence-corrected chi connectivity index (χ3v) is 5.83. The van der Waals surface area contributed by atoms with Crippen LogP contribution in [0.1, 0.15) is 60.8 Å². The fourth-order valence-corrected chi connectivity index (χ4v) is 4.12. The lowest BCUT2D eigenvalue weighted by Crippen LogP contribution is -2.29. The van der Waals surface area contributed by atoms with Crippen LogP contribution in [-0.4, -0.2) is 15.9 Å². The van der Waals surface area contributed by atoms with E-state index in [9.17, 15) is 4.79 Å². The van der Waals surface area contributed by atoms with Crippen LogP contribution >= 0.6 is 0 Å². The maximum atomic E-state index is 13.5. The lowest BCUT2D eigenvalue weighted by atomic mass is 10.0. The molecule has 1 heterocycles. The minimum Gasteiger partial charge on any atom is -0.344 e. The molecule has 1 unspecified atom stereocenters. The van der Waals surface area contributed by atoms with Crippen molar-refractivity contribution in [2.75, 3.05) is 0 Å². The molecule has 0 aliphatic carbocycles. The molecule has 0 spiro atoms. The van der Waals surface area contributed by atoms with E-state index in [0.29, 0.717) is 17.2 Å². The number of nitrogens with zero attached hydrogens (tertiary/aromatic N) is 1. The highest BCUT2D eigenvalue weighted by Crippen LogP contribution is 2.28. The Morgan fingerprint density at radius 2 is 1.52 bits per heavy atom. The third kappa shape index (κ3) is 5.40. The maximum Gasteiger partial charge on any atom is 0.270 e. The first kappa shape index (κ1) is 22.5. The second-order valence-corrected chi connectivity index (χ2v) is 8.35. The van der Waals surface area contributed by atoms with E-state index in [1.807, 2.05) is 48.5 Å². The van der Waals surface area contributed by atoms with Crippen LogP contribution in [0.3, 0.4) is 0 Å². The topological polar surface area (TPSA) is 57.8 Å². The number of carbonyl (C=O) groups is 1. The maximum absolute atomic E-state index is 13.5. The zero-order valence-corrected chi connectivity index (χ0v) is 19.3. The van der Waals surface area contributed by atoms with E-state index in [0.717, 1.165) is 42.4 Å².